The number of hydrogen-bond donors (Lipinski definition) is 2. The van der Waals surface area contributed by atoms with Gasteiger partial charge in [0.1, 0.15) is 0 Å². The average molecular weight is 485 g/mol. The third kappa shape index (κ3) is 6.80. The molecule has 0 aliphatic heterocycles. The van der Waals surface area contributed by atoms with Crippen LogP contribution in [0.2, 0.25) is 0 Å². The van der Waals surface area contributed by atoms with Crippen LogP contribution in [0.5, 0.6) is 0 Å². The van der Waals surface area contributed by atoms with Gasteiger partial charge in [0, 0.05) is 19.8 Å². The summed E-state index contributed by atoms with van der Waals surface area (Å²) in [5.74, 6) is 0.583. The highest BCUT2D eigenvalue weighted by atomic mass is 79.9. The first-order valence-electron chi connectivity index (χ1n) is 7.12. The lowest BCUT2D eigenvalue weighted by atomic mass is 9.94. The minimum absolute atomic E-state index is 0.0387. The molecule has 0 heterocycles. The fourth-order valence-electron chi connectivity index (χ4n) is 2.28. The van der Waals surface area contributed by atoms with E-state index < -0.39 is 0 Å². The summed E-state index contributed by atoms with van der Waals surface area (Å²) < 4.78 is 2.65. The molecule has 21 heavy (non-hydrogen) atoms. The van der Waals surface area contributed by atoms with Crippen molar-refractivity contribution in [2.75, 3.05) is 11.9 Å². The maximum absolute atomic E-state index is 12.1. The molecule has 0 spiro atoms. The Morgan fingerprint density at radius 2 is 1.81 bits per heavy atom. The molecule has 1 unspecified atom stereocenters. The van der Waals surface area contributed by atoms with Gasteiger partial charge in [0.15, 0.2) is 0 Å². The smallest absolute Gasteiger partial charge is 0.224 e. The Hall–Kier alpha value is 0.0900. The topological polar surface area (TPSA) is 55.1 Å². The molecular weight excluding hydrogens is 464 g/mol. The van der Waals surface area contributed by atoms with Crippen LogP contribution in [0.25, 0.3) is 0 Å². The van der Waals surface area contributed by atoms with E-state index in [9.17, 15) is 4.79 Å². The molecule has 118 valence electrons. The van der Waals surface area contributed by atoms with E-state index in [-0.39, 0.29) is 5.91 Å². The van der Waals surface area contributed by atoms with Crippen molar-refractivity contribution in [2.24, 2.45) is 11.7 Å². The van der Waals surface area contributed by atoms with Crippen LogP contribution in [-0.4, -0.2) is 12.5 Å². The Balaban J connectivity index is 2.57. The summed E-state index contributed by atoms with van der Waals surface area (Å²) in [5.41, 5.74) is 6.40. The molecule has 1 aromatic carbocycles. The van der Waals surface area contributed by atoms with Gasteiger partial charge in [0.25, 0.3) is 0 Å². The second kappa shape index (κ2) is 9.98. The molecule has 0 fully saturated rings. The highest BCUT2D eigenvalue weighted by Gasteiger charge is 2.13. The summed E-state index contributed by atoms with van der Waals surface area (Å²) in [4.78, 5) is 12.1. The van der Waals surface area contributed by atoms with Crippen molar-refractivity contribution >= 4 is 59.4 Å². The zero-order valence-corrected chi connectivity index (χ0v) is 16.9. The van der Waals surface area contributed by atoms with Gasteiger partial charge >= 0.3 is 0 Å². The molecule has 3 N–H and O–H groups in total. The van der Waals surface area contributed by atoms with Crippen molar-refractivity contribution in [1.29, 1.82) is 0 Å². The zero-order chi connectivity index (χ0) is 15.8. The molecule has 3 nitrogen and oxygen atoms in total. The van der Waals surface area contributed by atoms with E-state index in [0.717, 1.165) is 44.8 Å². The Labute approximate surface area is 151 Å². The van der Waals surface area contributed by atoms with E-state index in [2.05, 4.69) is 60.0 Å². The normalized spacial score (nSPS) is 12.2. The second-order valence-corrected chi connectivity index (χ2v) is 7.69. The molecule has 0 bridgehead atoms. The van der Waals surface area contributed by atoms with Gasteiger partial charge in [-0.25, -0.2) is 0 Å². The monoisotopic (exact) mass is 482 g/mol. The van der Waals surface area contributed by atoms with Gasteiger partial charge in [0.05, 0.1) is 5.69 Å². The molecule has 1 atom stereocenters. The summed E-state index contributed by atoms with van der Waals surface area (Å²) >= 11 is 10.3. The van der Waals surface area contributed by atoms with E-state index >= 15 is 0 Å². The molecule has 1 amide bonds. The Kier molecular flexibility index (Phi) is 9.09. The van der Waals surface area contributed by atoms with Gasteiger partial charge < -0.3 is 11.1 Å². The van der Waals surface area contributed by atoms with Gasteiger partial charge in [-0.05, 0) is 69.3 Å². The summed E-state index contributed by atoms with van der Waals surface area (Å²) in [6.45, 7) is 2.86. The summed E-state index contributed by atoms with van der Waals surface area (Å²) in [6, 6.07) is 3.82. The Morgan fingerprint density at radius 1 is 1.19 bits per heavy atom. The maximum Gasteiger partial charge on any atom is 0.224 e. The lowest BCUT2D eigenvalue weighted by Crippen LogP contribution is -2.16. The maximum atomic E-state index is 12.1. The zero-order valence-electron chi connectivity index (χ0n) is 12.1. The SMILES string of the molecule is CCCC(CCN)CCC(=O)Nc1c(Br)cc(Br)cc1Br. The van der Waals surface area contributed by atoms with Crippen LogP contribution in [0.4, 0.5) is 5.69 Å². The number of rotatable bonds is 8. The summed E-state index contributed by atoms with van der Waals surface area (Å²) in [6.07, 6.45) is 4.68. The van der Waals surface area contributed by atoms with Crippen LogP contribution >= 0.6 is 47.8 Å². The van der Waals surface area contributed by atoms with Crippen molar-refractivity contribution in [2.45, 2.75) is 39.0 Å². The molecule has 0 aromatic heterocycles. The molecule has 0 aliphatic carbocycles. The number of carbonyl (C=O) groups is 1. The predicted octanol–water partition coefficient (Wildman–Crippen LogP) is 5.46. The fourth-order valence-corrected chi connectivity index (χ4v) is 4.73. The van der Waals surface area contributed by atoms with Crippen molar-refractivity contribution in [3.8, 4) is 0 Å². The number of hydrogen-bond acceptors (Lipinski definition) is 2. The summed E-state index contributed by atoms with van der Waals surface area (Å²) in [7, 11) is 0. The van der Waals surface area contributed by atoms with E-state index in [0.29, 0.717) is 18.9 Å². The van der Waals surface area contributed by atoms with Crippen LogP contribution in [0, 0.1) is 5.92 Å². The molecular formula is C15H21Br3N2O. The highest BCUT2D eigenvalue weighted by Crippen LogP contribution is 2.34. The largest absolute Gasteiger partial charge is 0.330 e. The van der Waals surface area contributed by atoms with Crippen molar-refractivity contribution in [3.05, 3.63) is 25.6 Å². The third-order valence-corrected chi connectivity index (χ3v) is 5.03. The first-order chi connectivity index (χ1) is 9.97. The van der Waals surface area contributed by atoms with Crippen LogP contribution in [0.3, 0.4) is 0 Å². The molecule has 0 radical (unpaired) electrons. The number of nitrogens with two attached hydrogens (primary N) is 1. The minimum atomic E-state index is 0.0387. The number of amides is 1. The van der Waals surface area contributed by atoms with Crippen LogP contribution in [0.1, 0.15) is 39.0 Å². The van der Waals surface area contributed by atoms with E-state index in [1.165, 1.54) is 0 Å². The fraction of sp³-hybridized carbons (Fsp3) is 0.533. The van der Waals surface area contributed by atoms with Gasteiger partial charge in [-0.1, -0.05) is 35.7 Å². The van der Waals surface area contributed by atoms with Gasteiger partial charge in [-0.3, -0.25) is 4.79 Å². The van der Waals surface area contributed by atoms with Crippen LogP contribution < -0.4 is 11.1 Å². The molecule has 0 aliphatic rings. The quantitative estimate of drug-likeness (QED) is 0.515. The standard InChI is InChI=1S/C15H21Br3N2O/c1-2-3-10(6-7-19)4-5-14(21)20-15-12(17)8-11(16)9-13(15)18/h8-10H,2-7,19H2,1H3,(H,20,21). The molecule has 6 heteroatoms. The number of nitrogens with one attached hydrogen (secondary N) is 1. The van der Waals surface area contributed by atoms with Crippen molar-refractivity contribution in [1.82, 2.24) is 0 Å². The van der Waals surface area contributed by atoms with Crippen LogP contribution in [0.15, 0.2) is 25.6 Å². The van der Waals surface area contributed by atoms with E-state index in [4.69, 9.17) is 5.73 Å². The third-order valence-electron chi connectivity index (χ3n) is 3.32. The van der Waals surface area contributed by atoms with Gasteiger partial charge in [-0.2, -0.15) is 0 Å². The van der Waals surface area contributed by atoms with E-state index in [1.807, 2.05) is 12.1 Å². The highest BCUT2D eigenvalue weighted by molar-refractivity contribution is 9.11. The molecule has 1 aromatic rings. The minimum Gasteiger partial charge on any atom is -0.330 e. The summed E-state index contributed by atoms with van der Waals surface area (Å²) in [5, 5.41) is 2.96. The first-order valence-corrected chi connectivity index (χ1v) is 9.50. The number of carbonyl (C=O) groups excluding carboxylic acids is 1. The van der Waals surface area contributed by atoms with Crippen molar-refractivity contribution < 1.29 is 4.79 Å². The predicted molar refractivity (Wildman–Crippen MR) is 99.5 cm³/mol. The number of anilines is 1. The molecule has 0 saturated heterocycles. The lowest BCUT2D eigenvalue weighted by molar-refractivity contribution is -0.116. The number of benzene rings is 1. The van der Waals surface area contributed by atoms with Gasteiger partial charge in [-0.15, -0.1) is 0 Å². The first kappa shape index (κ1) is 19.1. The second-order valence-electron chi connectivity index (χ2n) is 5.06. The molecule has 0 saturated carbocycles. The van der Waals surface area contributed by atoms with Crippen molar-refractivity contribution in [3.63, 3.8) is 0 Å². The molecule has 1 rings (SSSR count). The van der Waals surface area contributed by atoms with Crippen LogP contribution in [-0.2, 0) is 4.79 Å². The Morgan fingerprint density at radius 3 is 2.33 bits per heavy atom. The lowest BCUT2D eigenvalue weighted by Gasteiger charge is -2.15. The number of halogens is 3. The average Bonchev–Trinajstić information content (AvgIpc) is 2.40. The van der Waals surface area contributed by atoms with E-state index in [1.54, 1.807) is 0 Å². The Bertz CT molecular complexity index is 451. The van der Waals surface area contributed by atoms with Gasteiger partial charge in [0.2, 0.25) is 5.91 Å².